The van der Waals surface area contributed by atoms with E-state index >= 15 is 0 Å². The van der Waals surface area contributed by atoms with Crippen molar-refractivity contribution in [3.8, 4) is 0 Å². The second-order valence-corrected chi connectivity index (χ2v) is 7.10. The molecule has 0 aliphatic carbocycles. The number of hydrogen-bond acceptors (Lipinski definition) is 3. The number of rotatable bonds is 5. The maximum absolute atomic E-state index is 12.5. The Bertz CT molecular complexity index is 979. The molecule has 0 N–H and O–H groups in total. The van der Waals surface area contributed by atoms with E-state index in [0.717, 1.165) is 10.2 Å². The van der Waals surface area contributed by atoms with Gasteiger partial charge in [0.25, 0.3) is 5.91 Å². The lowest BCUT2D eigenvalue weighted by Crippen LogP contribution is -2.20. The fourth-order valence-electron chi connectivity index (χ4n) is 2.45. The highest BCUT2D eigenvalue weighted by Gasteiger charge is 2.12. The largest absolute Gasteiger partial charge is 0.380 e. The van der Waals surface area contributed by atoms with Crippen LogP contribution in [0.15, 0.2) is 47.5 Å². The van der Waals surface area contributed by atoms with Gasteiger partial charge < -0.3 is 9.30 Å². The summed E-state index contributed by atoms with van der Waals surface area (Å²) in [4.78, 5) is 17.4. The van der Waals surface area contributed by atoms with Crippen LogP contribution in [0.1, 0.15) is 17.3 Å². The third-order valence-electron chi connectivity index (χ3n) is 3.58. The molecular weight excluding hydrogens is 379 g/mol. The number of benzene rings is 2. The number of carbonyl (C=O) groups excluding carboxylic acids is 1. The second kappa shape index (κ2) is 8.15. The number of amides is 1. The fourth-order valence-corrected chi connectivity index (χ4v) is 4.06. The summed E-state index contributed by atoms with van der Waals surface area (Å²) < 4.78 is 8.36. The molecule has 130 valence electrons. The van der Waals surface area contributed by atoms with Crippen LogP contribution in [-0.4, -0.2) is 23.7 Å². The molecule has 0 saturated carbocycles. The van der Waals surface area contributed by atoms with Crippen molar-refractivity contribution in [3.05, 3.63) is 62.9 Å². The summed E-state index contributed by atoms with van der Waals surface area (Å²) in [5, 5.41) is 1.13. The van der Waals surface area contributed by atoms with E-state index in [2.05, 4.69) is 4.99 Å². The number of halogens is 2. The molecule has 1 aromatic heterocycles. The lowest BCUT2D eigenvalue weighted by molar-refractivity contribution is 0.0996. The van der Waals surface area contributed by atoms with E-state index in [-0.39, 0.29) is 5.91 Å². The van der Waals surface area contributed by atoms with Crippen LogP contribution in [0.2, 0.25) is 10.0 Å². The van der Waals surface area contributed by atoms with Gasteiger partial charge in [-0.25, -0.2) is 0 Å². The number of para-hydroxylation sites is 1. The number of fused-ring (bicyclic) bond motifs is 1. The minimum atomic E-state index is -0.338. The van der Waals surface area contributed by atoms with E-state index in [9.17, 15) is 4.79 Å². The number of hydrogen-bond donors (Lipinski definition) is 0. The molecular formula is C18H16Cl2N2O2S. The number of ether oxygens (including phenoxy) is 1. The van der Waals surface area contributed by atoms with Crippen LogP contribution in [0.25, 0.3) is 10.2 Å². The first-order valence-corrected chi connectivity index (χ1v) is 9.37. The molecule has 3 aromatic rings. The zero-order valence-corrected chi connectivity index (χ0v) is 15.9. The Morgan fingerprint density at radius 2 is 2.04 bits per heavy atom. The van der Waals surface area contributed by atoms with Gasteiger partial charge in [-0.15, -0.1) is 0 Å². The molecule has 1 heterocycles. The van der Waals surface area contributed by atoms with E-state index in [1.165, 1.54) is 11.3 Å². The van der Waals surface area contributed by atoms with Crippen molar-refractivity contribution in [1.82, 2.24) is 4.57 Å². The van der Waals surface area contributed by atoms with Crippen LogP contribution in [0.4, 0.5) is 0 Å². The molecule has 0 bridgehead atoms. The normalized spacial score (nSPS) is 12.0. The molecule has 2 aromatic carbocycles. The fraction of sp³-hybridized carbons (Fsp3) is 0.222. The lowest BCUT2D eigenvalue weighted by atomic mass is 10.2. The zero-order chi connectivity index (χ0) is 17.8. The van der Waals surface area contributed by atoms with Gasteiger partial charge in [-0.2, -0.15) is 4.99 Å². The first kappa shape index (κ1) is 18.1. The molecule has 0 unspecified atom stereocenters. The lowest BCUT2D eigenvalue weighted by Gasteiger charge is -2.06. The number of carbonyl (C=O) groups is 1. The maximum Gasteiger partial charge on any atom is 0.279 e. The highest BCUT2D eigenvalue weighted by Crippen LogP contribution is 2.25. The summed E-state index contributed by atoms with van der Waals surface area (Å²) in [6.07, 6.45) is 0. The molecule has 0 atom stereocenters. The van der Waals surface area contributed by atoms with E-state index in [1.54, 1.807) is 24.3 Å². The predicted molar refractivity (Wildman–Crippen MR) is 103 cm³/mol. The van der Waals surface area contributed by atoms with Crippen molar-refractivity contribution in [2.45, 2.75) is 13.5 Å². The van der Waals surface area contributed by atoms with Crippen molar-refractivity contribution in [2.24, 2.45) is 4.99 Å². The minimum absolute atomic E-state index is 0.338. The topological polar surface area (TPSA) is 43.6 Å². The summed E-state index contributed by atoms with van der Waals surface area (Å²) in [5.74, 6) is -0.338. The van der Waals surface area contributed by atoms with Crippen LogP contribution in [0.5, 0.6) is 0 Å². The van der Waals surface area contributed by atoms with Crippen LogP contribution in [-0.2, 0) is 11.3 Å². The van der Waals surface area contributed by atoms with Crippen molar-refractivity contribution in [3.63, 3.8) is 0 Å². The molecule has 0 radical (unpaired) electrons. The Hall–Kier alpha value is -1.66. The molecule has 0 saturated heterocycles. The van der Waals surface area contributed by atoms with Crippen LogP contribution in [0, 0.1) is 0 Å². The molecule has 3 rings (SSSR count). The first-order valence-electron chi connectivity index (χ1n) is 7.80. The number of nitrogens with zero attached hydrogens (tertiary/aromatic N) is 2. The monoisotopic (exact) mass is 394 g/mol. The standard InChI is InChI=1S/C18H16Cl2N2O2S/c1-2-24-10-9-22-16-14(20)7-4-8-15(16)25-18(22)21-17(23)12-5-3-6-13(19)11-12/h3-8,11H,2,9-10H2,1H3. The van der Waals surface area contributed by atoms with Crippen LogP contribution < -0.4 is 4.80 Å². The SMILES string of the molecule is CCOCCn1c(=NC(=O)c2cccc(Cl)c2)sc2cccc(Cl)c21. The number of thiazole rings is 1. The van der Waals surface area contributed by atoms with E-state index in [1.807, 2.05) is 29.7 Å². The van der Waals surface area contributed by atoms with Crippen LogP contribution >= 0.6 is 34.5 Å². The van der Waals surface area contributed by atoms with E-state index in [4.69, 9.17) is 27.9 Å². The summed E-state index contributed by atoms with van der Waals surface area (Å²) in [5.41, 5.74) is 1.32. The Morgan fingerprint density at radius 1 is 1.24 bits per heavy atom. The van der Waals surface area contributed by atoms with Crippen molar-refractivity contribution in [2.75, 3.05) is 13.2 Å². The molecule has 4 nitrogen and oxygen atoms in total. The summed E-state index contributed by atoms with van der Waals surface area (Å²) in [6, 6.07) is 12.4. The molecule has 0 spiro atoms. The van der Waals surface area contributed by atoms with Gasteiger partial charge in [-0.1, -0.05) is 46.7 Å². The molecule has 25 heavy (non-hydrogen) atoms. The number of aromatic nitrogens is 1. The van der Waals surface area contributed by atoms with Gasteiger partial charge in [0.15, 0.2) is 4.80 Å². The second-order valence-electron chi connectivity index (χ2n) is 5.25. The van der Waals surface area contributed by atoms with Gasteiger partial charge >= 0.3 is 0 Å². The Morgan fingerprint density at radius 3 is 2.80 bits per heavy atom. The van der Waals surface area contributed by atoms with Crippen molar-refractivity contribution < 1.29 is 9.53 Å². The van der Waals surface area contributed by atoms with Gasteiger partial charge in [0, 0.05) is 23.7 Å². The highest BCUT2D eigenvalue weighted by molar-refractivity contribution is 7.16. The third kappa shape index (κ3) is 4.12. The Labute approximate surface area is 159 Å². The molecule has 0 aliphatic rings. The zero-order valence-electron chi connectivity index (χ0n) is 13.5. The predicted octanol–water partition coefficient (Wildman–Crippen LogP) is 4.79. The average Bonchev–Trinajstić information content (AvgIpc) is 2.94. The van der Waals surface area contributed by atoms with Crippen molar-refractivity contribution >= 4 is 50.7 Å². The maximum atomic E-state index is 12.5. The van der Waals surface area contributed by atoms with Crippen LogP contribution in [0.3, 0.4) is 0 Å². The summed E-state index contributed by atoms with van der Waals surface area (Å²) >= 11 is 13.8. The Kier molecular flexibility index (Phi) is 5.91. The first-order chi connectivity index (χ1) is 12.1. The van der Waals surface area contributed by atoms with E-state index < -0.39 is 0 Å². The van der Waals surface area contributed by atoms with Gasteiger partial charge in [0.1, 0.15) is 0 Å². The average molecular weight is 395 g/mol. The minimum Gasteiger partial charge on any atom is -0.380 e. The van der Waals surface area contributed by atoms with Gasteiger partial charge in [0.2, 0.25) is 0 Å². The Balaban J connectivity index is 2.09. The third-order valence-corrected chi connectivity index (χ3v) is 5.17. The molecule has 7 heteroatoms. The van der Waals surface area contributed by atoms with Gasteiger partial charge in [0.05, 0.1) is 21.8 Å². The van der Waals surface area contributed by atoms with Gasteiger partial charge in [-0.05, 0) is 37.3 Å². The van der Waals surface area contributed by atoms with Crippen molar-refractivity contribution in [1.29, 1.82) is 0 Å². The smallest absolute Gasteiger partial charge is 0.279 e. The van der Waals surface area contributed by atoms with E-state index in [0.29, 0.717) is 40.2 Å². The highest BCUT2D eigenvalue weighted by atomic mass is 35.5. The molecule has 0 fully saturated rings. The molecule has 0 aliphatic heterocycles. The summed E-state index contributed by atoms with van der Waals surface area (Å²) in [7, 11) is 0. The summed E-state index contributed by atoms with van der Waals surface area (Å²) in [6.45, 7) is 3.66. The van der Waals surface area contributed by atoms with Gasteiger partial charge in [-0.3, -0.25) is 4.79 Å². The molecule has 1 amide bonds. The quantitative estimate of drug-likeness (QED) is 0.583.